The fourth-order valence-corrected chi connectivity index (χ4v) is 4.20. The van der Waals surface area contributed by atoms with Crippen LogP contribution >= 0.6 is 15.9 Å². The minimum Gasteiger partial charge on any atom is -0.322 e. The van der Waals surface area contributed by atoms with Crippen molar-refractivity contribution < 1.29 is 13.2 Å². The van der Waals surface area contributed by atoms with E-state index in [0.29, 0.717) is 16.9 Å². The van der Waals surface area contributed by atoms with Crippen molar-refractivity contribution in [2.24, 2.45) is 0 Å². The molecule has 0 heterocycles. The Morgan fingerprint density at radius 1 is 0.931 bits per heavy atom. The fourth-order valence-electron chi connectivity index (χ4n) is 2.76. The van der Waals surface area contributed by atoms with E-state index < -0.39 is 10.0 Å². The molecule has 0 unspecified atom stereocenters. The van der Waals surface area contributed by atoms with Gasteiger partial charge in [0.25, 0.3) is 15.9 Å². The van der Waals surface area contributed by atoms with Gasteiger partial charge in [-0.1, -0.05) is 33.6 Å². The third-order valence-electron chi connectivity index (χ3n) is 4.59. The summed E-state index contributed by atoms with van der Waals surface area (Å²) in [5.74, 6) is -0.262. The summed E-state index contributed by atoms with van der Waals surface area (Å²) in [6.07, 6.45) is 0. The number of aryl methyl sites for hydroxylation is 2. The molecule has 150 valence electrons. The van der Waals surface area contributed by atoms with Crippen LogP contribution in [0.1, 0.15) is 21.5 Å². The molecule has 7 heteroatoms. The molecule has 1 amide bonds. The summed E-state index contributed by atoms with van der Waals surface area (Å²) in [5.41, 5.74) is 3.61. The van der Waals surface area contributed by atoms with Gasteiger partial charge in [-0.2, -0.15) is 0 Å². The van der Waals surface area contributed by atoms with Gasteiger partial charge in [-0.3, -0.25) is 9.10 Å². The Morgan fingerprint density at radius 3 is 2.14 bits per heavy atom. The fraction of sp³-hybridized carbons (Fsp3) is 0.136. The van der Waals surface area contributed by atoms with E-state index in [1.807, 2.05) is 32.0 Å². The Bertz CT molecular complexity index is 1140. The maximum atomic E-state index is 12.8. The first-order chi connectivity index (χ1) is 13.7. The van der Waals surface area contributed by atoms with Crippen LogP contribution < -0.4 is 9.62 Å². The molecule has 29 heavy (non-hydrogen) atoms. The first-order valence-electron chi connectivity index (χ1n) is 8.91. The SMILES string of the molecule is Cc1ccc(S(=O)(=O)N(C)c2ccc(C(=O)Nc3ccc(Br)c(C)c3)cc2)cc1. The zero-order chi connectivity index (χ0) is 21.2. The Hall–Kier alpha value is -2.64. The molecule has 3 aromatic rings. The molecule has 0 aliphatic rings. The topological polar surface area (TPSA) is 66.5 Å². The number of carbonyl (C=O) groups excluding carboxylic acids is 1. The van der Waals surface area contributed by atoms with Crippen LogP contribution in [0, 0.1) is 13.8 Å². The third kappa shape index (κ3) is 4.68. The van der Waals surface area contributed by atoms with Crippen LogP contribution in [0.15, 0.2) is 76.1 Å². The maximum absolute atomic E-state index is 12.8. The number of nitrogens with one attached hydrogen (secondary N) is 1. The highest BCUT2D eigenvalue weighted by atomic mass is 79.9. The quantitative estimate of drug-likeness (QED) is 0.558. The van der Waals surface area contributed by atoms with Gasteiger partial charge in [0.15, 0.2) is 0 Å². The molecule has 1 N–H and O–H groups in total. The second-order valence-corrected chi connectivity index (χ2v) is 9.57. The molecule has 0 aliphatic heterocycles. The molecule has 0 aromatic heterocycles. The lowest BCUT2D eigenvalue weighted by molar-refractivity contribution is 0.102. The molecular weight excluding hydrogens is 452 g/mol. The van der Waals surface area contributed by atoms with Crippen molar-refractivity contribution in [3.05, 3.63) is 87.9 Å². The highest BCUT2D eigenvalue weighted by Crippen LogP contribution is 2.24. The number of rotatable bonds is 5. The average molecular weight is 473 g/mol. The summed E-state index contributed by atoms with van der Waals surface area (Å²) < 4.78 is 27.8. The van der Waals surface area contributed by atoms with Crippen LogP contribution in [-0.2, 0) is 10.0 Å². The van der Waals surface area contributed by atoms with Crippen molar-refractivity contribution in [2.75, 3.05) is 16.7 Å². The predicted molar refractivity (Wildman–Crippen MR) is 120 cm³/mol. The lowest BCUT2D eigenvalue weighted by Crippen LogP contribution is -2.26. The van der Waals surface area contributed by atoms with E-state index in [0.717, 1.165) is 15.6 Å². The molecular formula is C22H21BrN2O3S. The molecule has 3 rings (SSSR count). The lowest BCUT2D eigenvalue weighted by atomic mass is 10.1. The summed E-state index contributed by atoms with van der Waals surface area (Å²) in [7, 11) is -2.18. The van der Waals surface area contributed by atoms with Crippen molar-refractivity contribution in [3.8, 4) is 0 Å². The summed E-state index contributed by atoms with van der Waals surface area (Å²) in [6.45, 7) is 3.85. The van der Waals surface area contributed by atoms with Crippen LogP contribution in [0.4, 0.5) is 11.4 Å². The Labute approximate surface area is 179 Å². The van der Waals surface area contributed by atoms with Gasteiger partial charge in [0.2, 0.25) is 0 Å². The largest absolute Gasteiger partial charge is 0.322 e. The Balaban J connectivity index is 1.77. The van der Waals surface area contributed by atoms with Crippen molar-refractivity contribution in [1.82, 2.24) is 0 Å². The molecule has 0 spiro atoms. The number of hydrogen-bond donors (Lipinski definition) is 1. The highest BCUT2D eigenvalue weighted by Gasteiger charge is 2.21. The summed E-state index contributed by atoms with van der Waals surface area (Å²) >= 11 is 3.43. The number of carbonyl (C=O) groups is 1. The molecule has 0 atom stereocenters. The molecule has 0 radical (unpaired) electrons. The first-order valence-corrected chi connectivity index (χ1v) is 11.1. The second kappa shape index (κ2) is 8.39. The zero-order valence-corrected chi connectivity index (χ0v) is 18.7. The van der Waals surface area contributed by atoms with Gasteiger partial charge in [0.1, 0.15) is 0 Å². The van der Waals surface area contributed by atoms with E-state index in [1.54, 1.807) is 48.5 Å². The van der Waals surface area contributed by atoms with Gasteiger partial charge < -0.3 is 5.32 Å². The molecule has 0 bridgehead atoms. The number of benzene rings is 3. The minimum absolute atomic E-state index is 0.220. The van der Waals surface area contributed by atoms with E-state index in [-0.39, 0.29) is 10.8 Å². The smallest absolute Gasteiger partial charge is 0.264 e. The minimum atomic E-state index is -3.67. The molecule has 0 saturated heterocycles. The van der Waals surface area contributed by atoms with E-state index in [2.05, 4.69) is 21.2 Å². The summed E-state index contributed by atoms with van der Waals surface area (Å²) in [4.78, 5) is 12.7. The molecule has 0 saturated carbocycles. The van der Waals surface area contributed by atoms with Gasteiger partial charge in [-0.25, -0.2) is 8.42 Å². The van der Waals surface area contributed by atoms with Crippen molar-refractivity contribution in [1.29, 1.82) is 0 Å². The number of halogens is 1. The van der Waals surface area contributed by atoms with Crippen molar-refractivity contribution in [3.63, 3.8) is 0 Å². The molecule has 3 aromatic carbocycles. The van der Waals surface area contributed by atoms with Gasteiger partial charge in [0.05, 0.1) is 10.6 Å². The highest BCUT2D eigenvalue weighted by molar-refractivity contribution is 9.10. The maximum Gasteiger partial charge on any atom is 0.264 e. The zero-order valence-electron chi connectivity index (χ0n) is 16.3. The number of sulfonamides is 1. The Morgan fingerprint density at radius 2 is 1.55 bits per heavy atom. The third-order valence-corrected chi connectivity index (χ3v) is 7.28. The number of hydrogen-bond acceptors (Lipinski definition) is 3. The molecule has 5 nitrogen and oxygen atoms in total. The van der Waals surface area contributed by atoms with Crippen LogP contribution in [0.2, 0.25) is 0 Å². The van der Waals surface area contributed by atoms with Crippen molar-refractivity contribution >= 4 is 43.2 Å². The van der Waals surface area contributed by atoms with Crippen LogP contribution in [0.25, 0.3) is 0 Å². The number of nitrogens with zero attached hydrogens (tertiary/aromatic N) is 1. The number of amides is 1. The number of anilines is 2. The molecule has 0 aliphatic carbocycles. The first kappa shape index (κ1) is 21.1. The normalized spacial score (nSPS) is 11.2. The summed E-state index contributed by atoms with van der Waals surface area (Å²) in [6, 6.07) is 18.7. The van der Waals surface area contributed by atoms with E-state index >= 15 is 0 Å². The Kier molecular flexibility index (Phi) is 6.10. The van der Waals surface area contributed by atoms with Crippen LogP contribution in [-0.4, -0.2) is 21.4 Å². The van der Waals surface area contributed by atoms with Gasteiger partial charge >= 0.3 is 0 Å². The lowest BCUT2D eigenvalue weighted by Gasteiger charge is -2.20. The van der Waals surface area contributed by atoms with E-state index in [9.17, 15) is 13.2 Å². The predicted octanol–water partition coefficient (Wildman–Crippen LogP) is 5.14. The standard InChI is InChI=1S/C22H21BrN2O3S/c1-15-4-11-20(12-5-15)29(27,28)25(3)19-9-6-17(7-10-19)22(26)24-18-8-13-21(23)16(2)14-18/h4-14H,1-3H3,(H,24,26). The van der Waals surface area contributed by atoms with Gasteiger partial charge in [-0.15, -0.1) is 0 Å². The van der Waals surface area contributed by atoms with E-state index in [1.165, 1.54) is 11.4 Å². The van der Waals surface area contributed by atoms with Crippen molar-refractivity contribution in [2.45, 2.75) is 18.7 Å². The van der Waals surface area contributed by atoms with E-state index in [4.69, 9.17) is 0 Å². The molecule has 0 fully saturated rings. The van der Waals surface area contributed by atoms with Crippen LogP contribution in [0.3, 0.4) is 0 Å². The average Bonchev–Trinajstić information content (AvgIpc) is 2.70. The van der Waals surface area contributed by atoms with Gasteiger partial charge in [0, 0.05) is 22.8 Å². The van der Waals surface area contributed by atoms with Gasteiger partial charge in [-0.05, 0) is 74.0 Å². The summed E-state index contributed by atoms with van der Waals surface area (Å²) in [5, 5.41) is 2.84. The monoisotopic (exact) mass is 472 g/mol. The second-order valence-electron chi connectivity index (χ2n) is 6.75. The van der Waals surface area contributed by atoms with Crippen LogP contribution in [0.5, 0.6) is 0 Å².